The highest BCUT2D eigenvalue weighted by Gasteiger charge is 2.34. The van der Waals surface area contributed by atoms with E-state index < -0.39 is 24.5 Å². The van der Waals surface area contributed by atoms with Gasteiger partial charge in [0.15, 0.2) is 11.5 Å². The van der Waals surface area contributed by atoms with Gasteiger partial charge in [-0.2, -0.15) is 0 Å². The lowest BCUT2D eigenvalue weighted by Gasteiger charge is -2.17. The summed E-state index contributed by atoms with van der Waals surface area (Å²) < 4.78 is 11.8. The van der Waals surface area contributed by atoms with Crippen molar-refractivity contribution in [3.63, 3.8) is 0 Å². The van der Waals surface area contributed by atoms with Crippen LogP contribution >= 0.6 is 15.9 Å². The molecule has 1 atom stereocenters. The molecule has 0 saturated carbocycles. The summed E-state index contributed by atoms with van der Waals surface area (Å²) in [6.07, 6.45) is 2.26. The molecule has 9 heteroatoms. The molecule has 2 rings (SSSR count). The van der Waals surface area contributed by atoms with E-state index in [-0.39, 0.29) is 11.8 Å². The molecule has 2 N–H and O–H groups in total. The van der Waals surface area contributed by atoms with E-state index >= 15 is 0 Å². The molecule has 1 aliphatic rings. The van der Waals surface area contributed by atoms with Crippen LogP contribution in [-0.2, 0) is 9.59 Å². The predicted molar refractivity (Wildman–Crippen MR) is 96.9 cm³/mol. The highest BCUT2D eigenvalue weighted by atomic mass is 79.9. The Hall–Kier alpha value is -2.55. The molecule has 0 aromatic heterocycles. The summed E-state index contributed by atoms with van der Waals surface area (Å²) >= 11 is 3.42. The molecule has 1 heterocycles. The van der Waals surface area contributed by atoms with Crippen molar-refractivity contribution in [3.05, 3.63) is 27.9 Å². The van der Waals surface area contributed by atoms with E-state index in [0.717, 1.165) is 6.42 Å². The normalized spacial score (nSPS) is 16.6. The Bertz CT molecular complexity index is 777. The molecule has 1 aromatic rings. The second-order valence-corrected chi connectivity index (χ2v) is 6.50. The van der Waals surface area contributed by atoms with Gasteiger partial charge in [-0.05, 0) is 53.0 Å². The van der Waals surface area contributed by atoms with Gasteiger partial charge in [-0.1, -0.05) is 6.92 Å². The van der Waals surface area contributed by atoms with Gasteiger partial charge >= 0.3 is 12.0 Å². The van der Waals surface area contributed by atoms with Gasteiger partial charge in [0, 0.05) is 0 Å². The maximum absolute atomic E-state index is 12.2. The van der Waals surface area contributed by atoms with Crippen LogP contribution in [0.1, 0.15) is 25.8 Å². The maximum Gasteiger partial charge on any atom is 0.329 e. The van der Waals surface area contributed by atoms with Crippen molar-refractivity contribution >= 4 is 39.9 Å². The van der Waals surface area contributed by atoms with Crippen LogP contribution in [0.25, 0.3) is 6.08 Å². The SMILES string of the molecule is CC[C@H](C)Oc1c(Br)cc(/C=C2/NC(=O)N(CC(=O)O)C2=O)cc1OC. The molecule has 1 aromatic carbocycles. The minimum absolute atomic E-state index is 0.00956. The van der Waals surface area contributed by atoms with Crippen molar-refractivity contribution in [1.29, 1.82) is 0 Å². The summed E-state index contributed by atoms with van der Waals surface area (Å²) in [4.78, 5) is 35.3. The minimum Gasteiger partial charge on any atom is -0.493 e. The number of urea groups is 1. The standard InChI is InChI=1S/C17H19BrN2O6/c1-4-9(2)26-15-11(18)5-10(7-13(15)25-3)6-12-16(23)20(8-14(21)22)17(24)19-12/h5-7,9H,4,8H2,1-3H3,(H,19,24)(H,21,22)/b12-6+/t9-/m0/s1. The zero-order chi connectivity index (χ0) is 19.4. The molecule has 1 saturated heterocycles. The molecule has 8 nitrogen and oxygen atoms in total. The fourth-order valence-corrected chi connectivity index (χ4v) is 2.79. The number of halogens is 1. The Kier molecular flexibility index (Phi) is 6.25. The van der Waals surface area contributed by atoms with Crippen molar-refractivity contribution in [3.8, 4) is 11.5 Å². The highest BCUT2D eigenvalue weighted by molar-refractivity contribution is 9.10. The second-order valence-electron chi connectivity index (χ2n) is 5.64. The van der Waals surface area contributed by atoms with Crippen molar-refractivity contribution < 1.29 is 29.0 Å². The van der Waals surface area contributed by atoms with Gasteiger partial charge in [0.2, 0.25) is 0 Å². The van der Waals surface area contributed by atoms with Crippen molar-refractivity contribution in [1.82, 2.24) is 10.2 Å². The second kappa shape index (κ2) is 8.22. The number of aliphatic carboxylic acids is 1. The van der Waals surface area contributed by atoms with E-state index in [9.17, 15) is 14.4 Å². The van der Waals surface area contributed by atoms with Crippen LogP contribution in [0.3, 0.4) is 0 Å². The summed E-state index contributed by atoms with van der Waals surface area (Å²) in [6.45, 7) is 3.24. The Morgan fingerprint density at radius 3 is 2.69 bits per heavy atom. The Morgan fingerprint density at radius 2 is 2.12 bits per heavy atom. The molecular formula is C17H19BrN2O6. The lowest BCUT2D eigenvalue weighted by molar-refractivity contribution is -0.140. The number of carboxylic acids is 1. The number of hydrogen-bond donors (Lipinski definition) is 2. The van der Waals surface area contributed by atoms with E-state index in [1.807, 2.05) is 13.8 Å². The number of carbonyl (C=O) groups is 3. The smallest absolute Gasteiger partial charge is 0.329 e. The van der Waals surface area contributed by atoms with Crippen LogP contribution in [0, 0.1) is 0 Å². The number of amides is 3. The van der Waals surface area contributed by atoms with Gasteiger partial charge < -0.3 is 19.9 Å². The van der Waals surface area contributed by atoms with Crippen LogP contribution in [-0.4, -0.2) is 47.7 Å². The number of nitrogens with zero attached hydrogens (tertiary/aromatic N) is 1. The average molecular weight is 427 g/mol. The number of methoxy groups -OCH3 is 1. The average Bonchev–Trinajstić information content (AvgIpc) is 2.83. The number of ether oxygens (including phenoxy) is 2. The molecule has 3 amide bonds. The van der Waals surface area contributed by atoms with Crippen molar-refractivity contribution in [2.24, 2.45) is 0 Å². The number of carboxylic acid groups (broad SMARTS) is 1. The number of rotatable bonds is 7. The Balaban J connectivity index is 2.33. The fraction of sp³-hybridized carbons (Fsp3) is 0.353. The molecule has 0 aliphatic carbocycles. The van der Waals surface area contributed by atoms with Gasteiger partial charge in [0.25, 0.3) is 5.91 Å². The first-order valence-corrected chi connectivity index (χ1v) is 8.66. The van der Waals surface area contributed by atoms with E-state index in [4.69, 9.17) is 14.6 Å². The van der Waals surface area contributed by atoms with Crippen LogP contribution in [0.15, 0.2) is 22.3 Å². The molecule has 0 radical (unpaired) electrons. The first-order chi connectivity index (χ1) is 12.3. The molecular weight excluding hydrogens is 408 g/mol. The molecule has 140 valence electrons. The largest absolute Gasteiger partial charge is 0.493 e. The summed E-state index contributed by atoms with van der Waals surface area (Å²) in [7, 11) is 1.50. The zero-order valence-electron chi connectivity index (χ0n) is 14.5. The molecule has 0 unspecified atom stereocenters. The van der Waals surface area contributed by atoms with Crippen molar-refractivity contribution in [2.75, 3.05) is 13.7 Å². The zero-order valence-corrected chi connectivity index (χ0v) is 16.1. The third kappa shape index (κ3) is 4.34. The molecule has 1 aliphatic heterocycles. The van der Waals surface area contributed by atoms with Crippen molar-refractivity contribution in [2.45, 2.75) is 26.4 Å². The maximum atomic E-state index is 12.2. The van der Waals surface area contributed by atoms with E-state index in [1.54, 1.807) is 12.1 Å². The number of hydrogen-bond acceptors (Lipinski definition) is 5. The summed E-state index contributed by atoms with van der Waals surface area (Å²) in [5.74, 6) is -0.970. The first-order valence-electron chi connectivity index (χ1n) is 7.87. The topological polar surface area (TPSA) is 105 Å². The van der Waals surface area contributed by atoms with Gasteiger partial charge in [-0.25, -0.2) is 9.69 Å². The lowest BCUT2D eigenvalue weighted by Crippen LogP contribution is -2.35. The van der Waals surface area contributed by atoms with Crippen LogP contribution < -0.4 is 14.8 Å². The monoisotopic (exact) mass is 426 g/mol. The van der Waals surface area contributed by atoms with Crippen LogP contribution in [0.4, 0.5) is 4.79 Å². The number of nitrogens with one attached hydrogen (secondary N) is 1. The van der Waals surface area contributed by atoms with E-state index in [2.05, 4.69) is 21.2 Å². The first kappa shape index (κ1) is 19.8. The fourth-order valence-electron chi connectivity index (χ4n) is 2.24. The minimum atomic E-state index is -1.27. The van der Waals surface area contributed by atoms with Crippen LogP contribution in [0.2, 0.25) is 0 Å². The lowest BCUT2D eigenvalue weighted by atomic mass is 10.1. The summed E-state index contributed by atoms with van der Waals surface area (Å²) in [5.41, 5.74) is 0.562. The van der Waals surface area contributed by atoms with Crippen LogP contribution in [0.5, 0.6) is 11.5 Å². The van der Waals surface area contributed by atoms with Gasteiger partial charge in [-0.3, -0.25) is 9.59 Å². The number of benzene rings is 1. The van der Waals surface area contributed by atoms with E-state index in [0.29, 0.717) is 26.4 Å². The third-order valence-corrected chi connectivity index (χ3v) is 4.30. The van der Waals surface area contributed by atoms with E-state index in [1.165, 1.54) is 13.2 Å². The van der Waals surface area contributed by atoms with Gasteiger partial charge in [-0.15, -0.1) is 0 Å². The summed E-state index contributed by atoms with van der Waals surface area (Å²) in [6, 6.07) is 2.60. The Labute approximate surface area is 158 Å². The summed E-state index contributed by atoms with van der Waals surface area (Å²) in [5, 5.41) is 11.2. The number of carbonyl (C=O) groups excluding carboxylic acids is 2. The number of imide groups is 1. The Morgan fingerprint density at radius 1 is 1.42 bits per heavy atom. The molecule has 0 spiro atoms. The highest BCUT2D eigenvalue weighted by Crippen LogP contribution is 2.38. The third-order valence-electron chi connectivity index (χ3n) is 3.71. The molecule has 1 fully saturated rings. The van der Waals surface area contributed by atoms with Gasteiger partial charge in [0.1, 0.15) is 12.2 Å². The molecule has 0 bridgehead atoms. The molecule has 26 heavy (non-hydrogen) atoms. The predicted octanol–water partition coefficient (Wildman–Crippen LogP) is 2.61. The van der Waals surface area contributed by atoms with Gasteiger partial charge in [0.05, 0.1) is 17.7 Å². The quantitative estimate of drug-likeness (QED) is 0.512.